The number of fused-ring (bicyclic) bond motifs is 1. The topological polar surface area (TPSA) is 55.4 Å². The molecule has 5 heteroatoms. The Balaban J connectivity index is 1.72. The molecule has 0 aliphatic heterocycles. The second-order valence-corrected chi connectivity index (χ2v) is 5.54. The molecule has 0 saturated carbocycles. The zero-order valence-corrected chi connectivity index (χ0v) is 13.5. The van der Waals surface area contributed by atoms with E-state index in [9.17, 15) is 14.0 Å². The van der Waals surface area contributed by atoms with Crippen molar-refractivity contribution in [1.29, 1.82) is 0 Å². The molecule has 1 N–H and O–H groups in total. The Morgan fingerprint density at radius 2 is 1.64 bits per heavy atom. The molecule has 0 heterocycles. The molecule has 0 aromatic heterocycles. The first-order chi connectivity index (χ1) is 12.1. The summed E-state index contributed by atoms with van der Waals surface area (Å²) >= 11 is 0. The summed E-state index contributed by atoms with van der Waals surface area (Å²) < 4.78 is 18.7. The number of benzene rings is 3. The molecule has 3 aromatic rings. The van der Waals surface area contributed by atoms with Crippen molar-refractivity contribution >= 4 is 28.3 Å². The molecule has 0 aliphatic carbocycles. The molecule has 1 amide bonds. The predicted molar refractivity (Wildman–Crippen MR) is 93.9 cm³/mol. The number of ether oxygens (including phenoxy) is 1. The van der Waals surface area contributed by atoms with Crippen molar-refractivity contribution in [3.05, 3.63) is 78.1 Å². The molecule has 0 bridgehead atoms. The molecule has 3 rings (SSSR count). The number of hydrogen-bond donors (Lipinski definition) is 1. The Kier molecular flexibility index (Phi) is 4.75. The van der Waals surface area contributed by atoms with Crippen molar-refractivity contribution in [2.45, 2.75) is 13.0 Å². The lowest BCUT2D eigenvalue weighted by Crippen LogP contribution is -2.30. The van der Waals surface area contributed by atoms with E-state index >= 15 is 0 Å². The SMILES string of the molecule is C[C@@H](OC(=O)c1ccccc1F)C(=O)Nc1cccc2ccccc12. The van der Waals surface area contributed by atoms with Crippen LogP contribution in [0.2, 0.25) is 0 Å². The van der Waals surface area contributed by atoms with Gasteiger partial charge in [0, 0.05) is 11.1 Å². The first kappa shape index (κ1) is 16.6. The Morgan fingerprint density at radius 3 is 2.44 bits per heavy atom. The van der Waals surface area contributed by atoms with Gasteiger partial charge in [-0.05, 0) is 30.5 Å². The molecule has 0 spiro atoms. The number of rotatable bonds is 4. The zero-order valence-electron chi connectivity index (χ0n) is 13.5. The van der Waals surface area contributed by atoms with Crippen LogP contribution in [-0.4, -0.2) is 18.0 Å². The zero-order chi connectivity index (χ0) is 17.8. The minimum Gasteiger partial charge on any atom is -0.449 e. The maximum Gasteiger partial charge on any atom is 0.341 e. The second kappa shape index (κ2) is 7.13. The molecule has 126 valence electrons. The summed E-state index contributed by atoms with van der Waals surface area (Å²) in [5, 5.41) is 4.61. The first-order valence-electron chi connectivity index (χ1n) is 7.80. The number of amides is 1. The van der Waals surface area contributed by atoms with E-state index in [1.165, 1.54) is 25.1 Å². The number of nitrogens with one attached hydrogen (secondary N) is 1. The van der Waals surface area contributed by atoms with Gasteiger partial charge in [-0.1, -0.05) is 48.5 Å². The second-order valence-electron chi connectivity index (χ2n) is 5.54. The lowest BCUT2D eigenvalue weighted by molar-refractivity contribution is -0.123. The van der Waals surface area contributed by atoms with Gasteiger partial charge < -0.3 is 10.1 Å². The smallest absolute Gasteiger partial charge is 0.341 e. The van der Waals surface area contributed by atoms with Crippen LogP contribution in [0, 0.1) is 5.82 Å². The Labute approximate surface area is 144 Å². The number of halogens is 1. The van der Waals surface area contributed by atoms with Gasteiger partial charge in [0.2, 0.25) is 0 Å². The van der Waals surface area contributed by atoms with Crippen LogP contribution < -0.4 is 5.32 Å². The molecule has 4 nitrogen and oxygen atoms in total. The van der Waals surface area contributed by atoms with Crippen LogP contribution in [-0.2, 0) is 9.53 Å². The van der Waals surface area contributed by atoms with Crippen LogP contribution in [0.1, 0.15) is 17.3 Å². The number of anilines is 1. The summed E-state index contributed by atoms with van der Waals surface area (Å²) in [6, 6.07) is 18.6. The van der Waals surface area contributed by atoms with Crippen LogP contribution >= 0.6 is 0 Å². The summed E-state index contributed by atoms with van der Waals surface area (Å²) in [6.07, 6.45) is -1.06. The molecular formula is C20H16FNO3. The van der Waals surface area contributed by atoms with Crippen molar-refractivity contribution in [2.75, 3.05) is 5.32 Å². The third-order valence-corrected chi connectivity index (χ3v) is 3.79. The van der Waals surface area contributed by atoms with E-state index in [1.54, 1.807) is 6.07 Å². The molecule has 0 fully saturated rings. The average molecular weight is 337 g/mol. The van der Waals surface area contributed by atoms with E-state index in [0.717, 1.165) is 16.8 Å². The van der Waals surface area contributed by atoms with Crippen molar-refractivity contribution in [2.24, 2.45) is 0 Å². The summed E-state index contributed by atoms with van der Waals surface area (Å²) in [7, 11) is 0. The van der Waals surface area contributed by atoms with E-state index in [-0.39, 0.29) is 5.56 Å². The van der Waals surface area contributed by atoms with Gasteiger partial charge in [-0.25, -0.2) is 9.18 Å². The summed E-state index contributed by atoms with van der Waals surface area (Å²) in [5.41, 5.74) is 0.421. The molecule has 0 unspecified atom stereocenters. The average Bonchev–Trinajstić information content (AvgIpc) is 2.62. The summed E-state index contributed by atoms with van der Waals surface area (Å²) in [4.78, 5) is 24.3. The summed E-state index contributed by atoms with van der Waals surface area (Å²) in [5.74, 6) is -2.05. The van der Waals surface area contributed by atoms with Gasteiger partial charge in [0.05, 0.1) is 5.56 Å². The predicted octanol–water partition coefficient (Wildman–Crippen LogP) is 4.16. The molecule has 0 aliphatic rings. The van der Waals surface area contributed by atoms with Gasteiger partial charge in [0.1, 0.15) is 5.82 Å². The largest absolute Gasteiger partial charge is 0.449 e. The highest BCUT2D eigenvalue weighted by Crippen LogP contribution is 2.23. The lowest BCUT2D eigenvalue weighted by atomic mass is 10.1. The number of hydrogen-bond acceptors (Lipinski definition) is 3. The Morgan fingerprint density at radius 1 is 0.960 bits per heavy atom. The molecule has 0 saturated heterocycles. The van der Waals surface area contributed by atoms with Crippen molar-refractivity contribution in [3.63, 3.8) is 0 Å². The van der Waals surface area contributed by atoms with Gasteiger partial charge in [0.15, 0.2) is 6.10 Å². The van der Waals surface area contributed by atoms with Gasteiger partial charge >= 0.3 is 5.97 Å². The number of carbonyl (C=O) groups excluding carboxylic acids is 2. The van der Waals surface area contributed by atoms with Gasteiger partial charge in [-0.2, -0.15) is 0 Å². The molecule has 1 atom stereocenters. The van der Waals surface area contributed by atoms with Crippen LogP contribution in [0.3, 0.4) is 0 Å². The van der Waals surface area contributed by atoms with Gasteiger partial charge in [-0.3, -0.25) is 4.79 Å². The highest BCUT2D eigenvalue weighted by atomic mass is 19.1. The molecule has 3 aromatic carbocycles. The molecule has 25 heavy (non-hydrogen) atoms. The standard InChI is InChI=1S/C20H16FNO3/c1-13(25-20(24)16-10-4-5-11-17(16)21)19(23)22-18-12-6-8-14-7-2-3-9-15(14)18/h2-13H,1H3,(H,22,23)/t13-/m1/s1. The third kappa shape index (κ3) is 3.66. The van der Waals surface area contributed by atoms with Gasteiger partial charge in [-0.15, -0.1) is 0 Å². The van der Waals surface area contributed by atoms with E-state index in [0.29, 0.717) is 5.69 Å². The van der Waals surface area contributed by atoms with Crippen LogP contribution in [0.5, 0.6) is 0 Å². The van der Waals surface area contributed by atoms with Gasteiger partial charge in [0.25, 0.3) is 5.91 Å². The molecular weight excluding hydrogens is 321 g/mol. The van der Waals surface area contributed by atoms with E-state index in [4.69, 9.17) is 4.74 Å². The monoisotopic (exact) mass is 337 g/mol. The first-order valence-corrected chi connectivity index (χ1v) is 7.80. The van der Waals surface area contributed by atoms with Crippen molar-refractivity contribution in [1.82, 2.24) is 0 Å². The third-order valence-electron chi connectivity index (χ3n) is 3.79. The number of carbonyl (C=O) groups is 2. The van der Waals surface area contributed by atoms with E-state index < -0.39 is 23.8 Å². The van der Waals surface area contributed by atoms with Crippen LogP contribution in [0.25, 0.3) is 10.8 Å². The molecule has 0 radical (unpaired) electrons. The minimum absolute atomic E-state index is 0.202. The van der Waals surface area contributed by atoms with E-state index in [1.807, 2.05) is 36.4 Å². The summed E-state index contributed by atoms with van der Waals surface area (Å²) in [6.45, 7) is 1.44. The van der Waals surface area contributed by atoms with Crippen molar-refractivity contribution < 1.29 is 18.7 Å². The van der Waals surface area contributed by atoms with Crippen molar-refractivity contribution in [3.8, 4) is 0 Å². The fourth-order valence-electron chi connectivity index (χ4n) is 2.47. The fraction of sp³-hybridized carbons (Fsp3) is 0.100. The maximum atomic E-state index is 13.6. The quantitative estimate of drug-likeness (QED) is 0.727. The van der Waals surface area contributed by atoms with E-state index in [2.05, 4.69) is 5.32 Å². The normalized spacial score (nSPS) is 11.8. The fourth-order valence-corrected chi connectivity index (χ4v) is 2.47. The highest BCUT2D eigenvalue weighted by molar-refractivity contribution is 6.04. The van der Waals surface area contributed by atoms with Crippen LogP contribution in [0.15, 0.2) is 66.7 Å². The minimum atomic E-state index is -1.06. The number of esters is 1. The van der Waals surface area contributed by atoms with Crippen LogP contribution in [0.4, 0.5) is 10.1 Å². The Hall–Kier alpha value is -3.21. The lowest BCUT2D eigenvalue weighted by Gasteiger charge is -2.15. The highest BCUT2D eigenvalue weighted by Gasteiger charge is 2.21. The maximum absolute atomic E-state index is 13.6. The Bertz CT molecular complexity index is 934.